The summed E-state index contributed by atoms with van der Waals surface area (Å²) in [5, 5.41) is 0.265. The van der Waals surface area contributed by atoms with Gasteiger partial charge in [-0.25, -0.2) is 4.98 Å². The molecule has 3 heterocycles. The Morgan fingerprint density at radius 1 is 1.24 bits per heavy atom. The number of nitrogens with zero attached hydrogens (tertiary/aromatic N) is 4. The molecule has 0 radical (unpaired) electrons. The van der Waals surface area contributed by atoms with Crippen LogP contribution >= 0.6 is 11.6 Å². The lowest BCUT2D eigenvalue weighted by molar-refractivity contribution is 0.220. The molecule has 2 aromatic heterocycles. The first-order valence-corrected chi connectivity index (χ1v) is 7.94. The Kier molecular flexibility index (Phi) is 3.78. The second-order valence-electron chi connectivity index (χ2n) is 6.90. The van der Waals surface area contributed by atoms with E-state index < -0.39 is 0 Å². The van der Waals surface area contributed by atoms with E-state index in [0.717, 1.165) is 30.3 Å². The van der Waals surface area contributed by atoms with Crippen LogP contribution in [0.1, 0.15) is 40.0 Å². The van der Waals surface area contributed by atoms with Crippen LogP contribution in [-0.4, -0.2) is 33.0 Å². The summed E-state index contributed by atoms with van der Waals surface area (Å²) in [6.45, 7) is 9.02. The van der Waals surface area contributed by atoms with Crippen LogP contribution in [0, 0.1) is 11.3 Å². The minimum absolute atomic E-state index is 0.265. The van der Waals surface area contributed by atoms with Gasteiger partial charge in [0, 0.05) is 13.1 Å². The standard InChI is InChI=1S/C15H22ClN5/c1-15(2,3)10-5-4-7-21(8-6-10)13-11-12(18-9-17-11)19-14(16)20-13/h9-10H,4-8H2,1-3H3,(H,17,18,19,20). The number of nitrogens with one attached hydrogen (secondary N) is 1. The fourth-order valence-corrected chi connectivity index (χ4v) is 3.36. The number of aromatic nitrogens is 4. The van der Waals surface area contributed by atoms with Crippen LogP contribution in [0.4, 0.5) is 5.82 Å². The Labute approximate surface area is 130 Å². The highest BCUT2D eigenvalue weighted by atomic mass is 35.5. The van der Waals surface area contributed by atoms with Crippen LogP contribution < -0.4 is 4.90 Å². The summed E-state index contributed by atoms with van der Waals surface area (Å²) in [5.41, 5.74) is 1.89. The third kappa shape index (κ3) is 2.98. The van der Waals surface area contributed by atoms with Gasteiger partial charge in [0.25, 0.3) is 0 Å². The van der Waals surface area contributed by atoms with E-state index in [1.54, 1.807) is 6.33 Å². The maximum absolute atomic E-state index is 6.04. The van der Waals surface area contributed by atoms with E-state index in [1.807, 2.05) is 0 Å². The topological polar surface area (TPSA) is 57.7 Å². The van der Waals surface area contributed by atoms with Gasteiger partial charge in [-0.15, -0.1) is 0 Å². The quantitative estimate of drug-likeness (QED) is 0.817. The van der Waals surface area contributed by atoms with Crippen molar-refractivity contribution in [3.05, 3.63) is 11.6 Å². The van der Waals surface area contributed by atoms with Gasteiger partial charge < -0.3 is 9.88 Å². The average Bonchev–Trinajstić information content (AvgIpc) is 2.71. The highest BCUT2D eigenvalue weighted by molar-refractivity contribution is 6.28. The van der Waals surface area contributed by atoms with E-state index in [9.17, 15) is 0 Å². The predicted octanol–water partition coefficient (Wildman–Crippen LogP) is 3.66. The van der Waals surface area contributed by atoms with Crippen LogP contribution in [-0.2, 0) is 0 Å². The number of anilines is 1. The molecule has 3 rings (SSSR count). The molecule has 0 bridgehead atoms. The first-order valence-electron chi connectivity index (χ1n) is 7.57. The van der Waals surface area contributed by atoms with Crippen molar-refractivity contribution in [3.8, 4) is 0 Å². The van der Waals surface area contributed by atoms with Gasteiger partial charge in [0.1, 0.15) is 5.52 Å². The lowest BCUT2D eigenvalue weighted by Gasteiger charge is -2.29. The number of hydrogen-bond acceptors (Lipinski definition) is 4. The third-order valence-electron chi connectivity index (χ3n) is 4.49. The van der Waals surface area contributed by atoms with Crippen molar-refractivity contribution in [3.63, 3.8) is 0 Å². The maximum atomic E-state index is 6.04. The van der Waals surface area contributed by atoms with Gasteiger partial charge in [-0.3, -0.25) is 0 Å². The van der Waals surface area contributed by atoms with E-state index in [1.165, 1.54) is 19.3 Å². The summed E-state index contributed by atoms with van der Waals surface area (Å²) < 4.78 is 0. The molecule has 114 valence electrons. The Hall–Kier alpha value is -1.36. The van der Waals surface area contributed by atoms with Crippen LogP contribution in [0.15, 0.2) is 6.33 Å². The molecule has 0 spiro atoms. The molecule has 1 aliphatic heterocycles. The number of rotatable bonds is 1. The second kappa shape index (κ2) is 5.44. The summed E-state index contributed by atoms with van der Waals surface area (Å²) in [5.74, 6) is 1.63. The minimum Gasteiger partial charge on any atom is -0.355 e. The molecule has 21 heavy (non-hydrogen) atoms. The zero-order chi connectivity index (χ0) is 15.0. The molecule has 1 fully saturated rings. The molecule has 2 aromatic rings. The van der Waals surface area contributed by atoms with Gasteiger partial charge in [-0.1, -0.05) is 20.8 Å². The van der Waals surface area contributed by atoms with Crippen molar-refractivity contribution < 1.29 is 0 Å². The van der Waals surface area contributed by atoms with E-state index in [4.69, 9.17) is 11.6 Å². The van der Waals surface area contributed by atoms with Gasteiger partial charge in [-0.2, -0.15) is 9.97 Å². The Morgan fingerprint density at radius 3 is 2.81 bits per heavy atom. The van der Waals surface area contributed by atoms with E-state index >= 15 is 0 Å². The normalized spacial score (nSPS) is 20.8. The van der Waals surface area contributed by atoms with Crippen molar-refractivity contribution in [1.29, 1.82) is 0 Å². The fraction of sp³-hybridized carbons (Fsp3) is 0.667. The van der Waals surface area contributed by atoms with Gasteiger partial charge >= 0.3 is 0 Å². The zero-order valence-corrected chi connectivity index (χ0v) is 13.6. The van der Waals surface area contributed by atoms with Gasteiger partial charge in [0.15, 0.2) is 11.5 Å². The van der Waals surface area contributed by atoms with Crippen LogP contribution in [0.2, 0.25) is 5.28 Å². The molecule has 1 N–H and O–H groups in total. The van der Waals surface area contributed by atoms with Crippen molar-refractivity contribution in [2.24, 2.45) is 11.3 Å². The van der Waals surface area contributed by atoms with Crippen LogP contribution in [0.5, 0.6) is 0 Å². The number of aromatic amines is 1. The van der Waals surface area contributed by atoms with Crippen LogP contribution in [0.25, 0.3) is 11.2 Å². The molecular formula is C15H22ClN5. The highest BCUT2D eigenvalue weighted by Crippen LogP contribution is 2.35. The SMILES string of the molecule is CC(C)(C)C1CCCN(c2nc(Cl)nc3nc[nH]c23)CC1. The molecule has 6 heteroatoms. The number of halogens is 1. The largest absolute Gasteiger partial charge is 0.355 e. The molecule has 1 unspecified atom stereocenters. The molecule has 0 saturated carbocycles. The monoisotopic (exact) mass is 307 g/mol. The Bertz CT molecular complexity index is 631. The van der Waals surface area contributed by atoms with Gasteiger partial charge in [0.2, 0.25) is 5.28 Å². The second-order valence-corrected chi connectivity index (χ2v) is 7.24. The Balaban J connectivity index is 1.88. The van der Waals surface area contributed by atoms with E-state index in [0.29, 0.717) is 11.1 Å². The van der Waals surface area contributed by atoms with Crippen molar-refractivity contribution in [2.75, 3.05) is 18.0 Å². The highest BCUT2D eigenvalue weighted by Gasteiger charge is 2.28. The lowest BCUT2D eigenvalue weighted by atomic mass is 9.77. The summed E-state index contributed by atoms with van der Waals surface area (Å²) in [7, 11) is 0. The zero-order valence-electron chi connectivity index (χ0n) is 12.9. The Morgan fingerprint density at radius 2 is 2.05 bits per heavy atom. The summed E-state index contributed by atoms with van der Waals surface area (Å²) in [6.07, 6.45) is 5.28. The number of H-pyrrole nitrogens is 1. The van der Waals surface area contributed by atoms with E-state index in [2.05, 4.69) is 45.6 Å². The minimum atomic E-state index is 0.265. The molecule has 1 aliphatic rings. The molecule has 0 aromatic carbocycles. The smallest absolute Gasteiger partial charge is 0.226 e. The van der Waals surface area contributed by atoms with Gasteiger partial charge in [-0.05, 0) is 42.2 Å². The average molecular weight is 308 g/mol. The van der Waals surface area contributed by atoms with Crippen LogP contribution in [0.3, 0.4) is 0 Å². The van der Waals surface area contributed by atoms with Crippen molar-refractivity contribution in [1.82, 2.24) is 19.9 Å². The fourth-order valence-electron chi connectivity index (χ4n) is 3.20. The molecule has 1 atom stereocenters. The van der Waals surface area contributed by atoms with Crippen molar-refractivity contribution in [2.45, 2.75) is 40.0 Å². The lowest BCUT2D eigenvalue weighted by Crippen LogP contribution is -2.27. The predicted molar refractivity (Wildman–Crippen MR) is 85.7 cm³/mol. The summed E-state index contributed by atoms with van der Waals surface area (Å²) in [4.78, 5) is 18.2. The molecule has 1 saturated heterocycles. The molecule has 0 aliphatic carbocycles. The van der Waals surface area contributed by atoms with E-state index in [-0.39, 0.29) is 5.28 Å². The van der Waals surface area contributed by atoms with Crippen molar-refractivity contribution >= 4 is 28.6 Å². The first-order chi connectivity index (χ1) is 9.95. The first kappa shape index (κ1) is 14.6. The molecule has 5 nitrogen and oxygen atoms in total. The third-order valence-corrected chi connectivity index (χ3v) is 4.66. The maximum Gasteiger partial charge on any atom is 0.226 e. The number of fused-ring (bicyclic) bond motifs is 1. The number of imidazole rings is 1. The molecular weight excluding hydrogens is 286 g/mol. The number of hydrogen-bond donors (Lipinski definition) is 1. The molecule has 0 amide bonds. The summed E-state index contributed by atoms with van der Waals surface area (Å²) in [6, 6.07) is 0. The summed E-state index contributed by atoms with van der Waals surface area (Å²) >= 11 is 6.04. The van der Waals surface area contributed by atoms with Gasteiger partial charge in [0.05, 0.1) is 6.33 Å².